The molecule has 0 saturated heterocycles. The first-order valence-electron chi connectivity index (χ1n) is 7.40. The van der Waals surface area contributed by atoms with Gasteiger partial charge in [0.15, 0.2) is 0 Å². The zero-order chi connectivity index (χ0) is 17.7. The van der Waals surface area contributed by atoms with E-state index in [-0.39, 0.29) is 17.9 Å². The number of amides is 1. The number of aryl methyl sites for hydroxylation is 2. The first-order chi connectivity index (χ1) is 11.3. The van der Waals surface area contributed by atoms with E-state index in [0.717, 1.165) is 5.56 Å². The van der Waals surface area contributed by atoms with Crippen molar-refractivity contribution in [2.24, 2.45) is 0 Å². The van der Waals surface area contributed by atoms with E-state index < -0.39 is 21.7 Å². The van der Waals surface area contributed by atoms with Crippen molar-refractivity contribution in [1.29, 1.82) is 0 Å². The van der Waals surface area contributed by atoms with Gasteiger partial charge in [-0.2, -0.15) is 0 Å². The normalized spacial score (nSPS) is 11.3. The average molecular weight is 350 g/mol. The second kappa shape index (κ2) is 7.55. The summed E-state index contributed by atoms with van der Waals surface area (Å²) in [4.78, 5) is 12.0. The molecule has 2 aromatic rings. The van der Waals surface area contributed by atoms with E-state index in [1.54, 1.807) is 25.1 Å². The van der Waals surface area contributed by atoms with Gasteiger partial charge in [0, 0.05) is 18.7 Å². The van der Waals surface area contributed by atoms with Gasteiger partial charge in [0.25, 0.3) is 0 Å². The zero-order valence-electron chi connectivity index (χ0n) is 13.5. The summed E-state index contributed by atoms with van der Waals surface area (Å²) in [6.45, 7) is 3.48. The summed E-state index contributed by atoms with van der Waals surface area (Å²) in [7, 11) is -3.68. The summed E-state index contributed by atoms with van der Waals surface area (Å²) in [5.41, 5.74) is 1.81. The van der Waals surface area contributed by atoms with Crippen LogP contribution in [0.2, 0.25) is 0 Å². The van der Waals surface area contributed by atoms with Crippen LogP contribution in [0.5, 0.6) is 0 Å². The summed E-state index contributed by atoms with van der Waals surface area (Å²) in [5, 5.41) is 2.52. The third-order valence-corrected chi connectivity index (χ3v) is 4.99. The van der Waals surface area contributed by atoms with E-state index in [4.69, 9.17) is 0 Å². The highest BCUT2D eigenvalue weighted by atomic mass is 32.2. The van der Waals surface area contributed by atoms with Crippen LogP contribution in [0.4, 0.5) is 10.1 Å². The number of carbonyl (C=O) groups excluding carboxylic acids is 1. The van der Waals surface area contributed by atoms with E-state index in [2.05, 4.69) is 10.0 Å². The minimum atomic E-state index is -3.68. The number of carbonyl (C=O) groups is 1. The Morgan fingerprint density at radius 1 is 1.12 bits per heavy atom. The van der Waals surface area contributed by atoms with Gasteiger partial charge < -0.3 is 5.32 Å². The summed E-state index contributed by atoms with van der Waals surface area (Å²) in [6, 6.07) is 10.7. The Kier molecular flexibility index (Phi) is 5.69. The summed E-state index contributed by atoms with van der Waals surface area (Å²) in [6.07, 6.45) is -0.0550. The number of halogens is 1. The van der Waals surface area contributed by atoms with Gasteiger partial charge in [-0.1, -0.05) is 18.2 Å². The molecule has 0 aliphatic rings. The average Bonchev–Trinajstić information content (AvgIpc) is 2.49. The van der Waals surface area contributed by atoms with Gasteiger partial charge in [-0.05, 0) is 49.2 Å². The molecule has 0 radical (unpaired) electrons. The number of hydrogen-bond donors (Lipinski definition) is 2. The van der Waals surface area contributed by atoms with Gasteiger partial charge >= 0.3 is 0 Å². The van der Waals surface area contributed by atoms with E-state index in [1.807, 2.05) is 13.0 Å². The van der Waals surface area contributed by atoms with Crippen LogP contribution in [0.15, 0.2) is 47.4 Å². The van der Waals surface area contributed by atoms with E-state index >= 15 is 0 Å². The quantitative estimate of drug-likeness (QED) is 0.841. The minimum absolute atomic E-state index is 0.0448. The molecule has 0 aliphatic carbocycles. The Bertz CT molecular complexity index is 851. The monoisotopic (exact) mass is 350 g/mol. The molecule has 128 valence electrons. The van der Waals surface area contributed by atoms with E-state index in [0.29, 0.717) is 11.3 Å². The van der Waals surface area contributed by atoms with Gasteiger partial charge in [0.05, 0.1) is 4.90 Å². The lowest BCUT2D eigenvalue weighted by molar-refractivity contribution is -0.116. The van der Waals surface area contributed by atoms with Crippen LogP contribution >= 0.6 is 0 Å². The van der Waals surface area contributed by atoms with Crippen LogP contribution in [-0.4, -0.2) is 20.9 Å². The van der Waals surface area contributed by atoms with Gasteiger partial charge in [-0.3, -0.25) is 4.79 Å². The van der Waals surface area contributed by atoms with Crippen LogP contribution in [0.25, 0.3) is 0 Å². The number of hydrogen-bond acceptors (Lipinski definition) is 3. The topological polar surface area (TPSA) is 75.3 Å². The van der Waals surface area contributed by atoms with Crippen molar-refractivity contribution < 1.29 is 17.6 Å². The van der Waals surface area contributed by atoms with E-state index in [9.17, 15) is 17.6 Å². The molecule has 2 aromatic carbocycles. The standard InChI is InChI=1S/C17H19FN2O3S/c1-12-6-7-13(2)16(10-12)24(22,23)19-9-8-17(21)20-15-5-3-4-14(18)11-15/h3-7,10-11,19H,8-9H2,1-2H3,(H,20,21). The number of rotatable bonds is 6. The van der Waals surface area contributed by atoms with Crippen LogP contribution in [0, 0.1) is 19.7 Å². The molecule has 1 amide bonds. The molecule has 0 bridgehead atoms. The second-order valence-corrected chi connectivity index (χ2v) is 7.21. The summed E-state index contributed by atoms with van der Waals surface area (Å²) < 4.78 is 40.0. The summed E-state index contributed by atoms with van der Waals surface area (Å²) in [5.74, 6) is -0.854. The molecule has 0 aromatic heterocycles. The first-order valence-corrected chi connectivity index (χ1v) is 8.88. The maximum atomic E-state index is 13.0. The maximum Gasteiger partial charge on any atom is 0.240 e. The predicted molar refractivity (Wildman–Crippen MR) is 90.8 cm³/mol. The smallest absolute Gasteiger partial charge is 0.240 e. The molecule has 0 aliphatic heterocycles. The van der Waals surface area contributed by atoms with Crippen molar-refractivity contribution >= 4 is 21.6 Å². The van der Waals surface area contributed by atoms with Crippen molar-refractivity contribution in [1.82, 2.24) is 4.72 Å². The lowest BCUT2D eigenvalue weighted by Crippen LogP contribution is -2.28. The lowest BCUT2D eigenvalue weighted by Gasteiger charge is -2.10. The van der Waals surface area contributed by atoms with Crippen LogP contribution < -0.4 is 10.0 Å². The molecular weight excluding hydrogens is 331 g/mol. The highest BCUT2D eigenvalue weighted by Crippen LogP contribution is 2.16. The number of anilines is 1. The summed E-state index contributed by atoms with van der Waals surface area (Å²) >= 11 is 0. The largest absolute Gasteiger partial charge is 0.326 e. The highest BCUT2D eigenvalue weighted by Gasteiger charge is 2.17. The fourth-order valence-corrected chi connectivity index (χ4v) is 3.52. The lowest BCUT2D eigenvalue weighted by atomic mass is 10.2. The molecule has 5 nitrogen and oxygen atoms in total. The Hall–Kier alpha value is -2.25. The fraction of sp³-hybridized carbons (Fsp3) is 0.235. The number of benzene rings is 2. The third-order valence-electron chi connectivity index (χ3n) is 3.39. The highest BCUT2D eigenvalue weighted by molar-refractivity contribution is 7.89. The van der Waals surface area contributed by atoms with Crippen LogP contribution in [-0.2, 0) is 14.8 Å². The van der Waals surface area contributed by atoms with Gasteiger partial charge in [-0.15, -0.1) is 0 Å². The second-order valence-electron chi connectivity index (χ2n) is 5.48. The van der Waals surface area contributed by atoms with E-state index in [1.165, 1.54) is 18.2 Å². The molecule has 2 rings (SSSR count). The fourth-order valence-electron chi connectivity index (χ4n) is 2.16. The molecule has 24 heavy (non-hydrogen) atoms. The minimum Gasteiger partial charge on any atom is -0.326 e. The number of nitrogens with one attached hydrogen (secondary N) is 2. The van der Waals surface area contributed by atoms with Crippen LogP contribution in [0.1, 0.15) is 17.5 Å². The molecule has 0 atom stereocenters. The predicted octanol–water partition coefficient (Wildman–Crippen LogP) is 2.75. The maximum absolute atomic E-state index is 13.0. The molecule has 0 spiro atoms. The zero-order valence-corrected chi connectivity index (χ0v) is 14.3. The van der Waals surface area contributed by atoms with Gasteiger partial charge in [0.1, 0.15) is 5.82 Å². The molecule has 0 unspecified atom stereocenters. The third kappa shape index (κ3) is 4.87. The van der Waals surface area contributed by atoms with Gasteiger partial charge in [-0.25, -0.2) is 17.5 Å². The SMILES string of the molecule is Cc1ccc(C)c(S(=O)(=O)NCCC(=O)Nc2cccc(F)c2)c1. The first kappa shape index (κ1) is 18.1. The van der Waals surface area contributed by atoms with Gasteiger partial charge in [0.2, 0.25) is 15.9 Å². The Morgan fingerprint density at radius 2 is 1.88 bits per heavy atom. The Balaban J connectivity index is 1.93. The molecule has 2 N–H and O–H groups in total. The Labute approximate surface area is 141 Å². The molecule has 0 fully saturated rings. The van der Waals surface area contributed by atoms with Crippen molar-refractivity contribution in [3.8, 4) is 0 Å². The molecule has 0 saturated carbocycles. The van der Waals surface area contributed by atoms with Crippen molar-refractivity contribution in [3.63, 3.8) is 0 Å². The Morgan fingerprint density at radius 3 is 2.58 bits per heavy atom. The molecule has 0 heterocycles. The molecule has 7 heteroatoms. The van der Waals surface area contributed by atoms with Crippen molar-refractivity contribution in [2.75, 3.05) is 11.9 Å². The number of sulfonamides is 1. The van der Waals surface area contributed by atoms with Crippen molar-refractivity contribution in [2.45, 2.75) is 25.2 Å². The van der Waals surface area contributed by atoms with Crippen molar-refractivity contribution in [3.05, 3.63) is 59.4 Å². The molecular formula is C17H19FN2O3S. The van der Waals surface area contributed by atoms with Crippen LogP contribution in [0.3, 0.4) is 0 Å².